The maximum absolute atomic E-state index is 14.8. The largest absolute Gasteiger partial charge is 0.386 e. The zero-order valence-electron chi connectivity index (χ0n) is 32.9. The molecule has 2 aliphatic heterocycles. The number of nitrogens with one attached hydrogen (secondary N) is 4. The molecule has 0 spiro atoms. The highest BCUT2D eigenvalue weighted by atomic mass is 19.1. The SMILES string of the molecule is CC(C)(O)c1cc(NC2CCC(N3CCC(OCC#Cc4cc(F)c([C@H]5CCC(=O)NC5=O)c(F)c4)CC3)CC2)c(C=N)cc1NC(=O)c1ccc2cc(C#N)cnn12. The molecule has 0 bridgehead atoms. The monoisotopic (exact) mass is 804 g/mol. The van der Waals surface area contributed by atoms with Crippen molar-refractivity contribution < 1.29 is 33.0 Å². The Morgan fingerprint density at radius 3 is 2.42 bits per heavy atom. The second-order valence-corrected chi connectivity index (χ2v) is 15.9. The predicted octanol–water partition coefficient (Wildman–Crippen LogP) is 5.74. The standard InChI is InChI=1S/C44H46F2N8O5/c1-44(2,58)34-22-37(28(24-48)21-38(34)51-43(57)39-11-9-31-18-27(23-47)25-49-54(31)39)50-29-5-7-30(8-6-29)53-15-13-32(14-16-53)59-17-3-4-26-19-35(45)41(36(46)20-26)33-10-12-40(55)52-42(33)56/h9,11,18-22,24-25,29-30,32-33,48,50,58H,5-8,10,12-17H2,1-2H3,(H,51,57)(H,52,55,56)/t29?,30?,33-/m1/s1. The van der Waals surface area contributed by atoms with Crippen molar-refractivity contribution in [1.82, 2.24) is 19.8 Å². The smallest absolute Gasteiger partial charge is 0.274 e. The molecule has 2 saturated heterocycles. The molecule has 1 saturated carbocycles. The third kappa shape index (κ3) is 9.34. The fraction of sp³-hybridized carbons (Fsp3) is 0.409. The van der Waals surface area contributed by atoms with Crippen LogP contribution in [0.4, 0.5) is 20.2 Å². The molecule has 1 aliphatic carbocycles. The molecule has 1 atom stereocenters. The lowest BCUT2D eigenvalue weighted by atomic mass is 9.88. The third-order valence-corrected chi connectivity index (χ3v) is 11.5. The molecule has 15 heteroatoms. The number of aliphatic hydroxyl groups is 1. The molecule has 2 aromatic heterocycles. The molecule has 4 heterocycles. The number of carbonyl (C=O) groups is 3. The van der Waals surface area contributed by atoms with Gasteiger partial charge in [-0.2, -0.15) is 10.4 Å². The Bertz CT molecular complexity index is 2370. The first-order chi connectivity index (χ1) is 28.3. The van der Waals surface area contributed by atoms with Gasteiger partial charge in [0.2, 0.25) is 11.8 Å². The van der Waals surface area contributed by atoms with Crippen molar-refractivity contribution in [2.75, 3.05) is 30.3 Å². The van der Waals surface area contributed by atoms with Gasteiger partial charge in [0.15, 0.2) is 0 Å². The number of likely N-dealkylation sites (tertiary alicyclic amines) is 1. The van der Waals surface area contributed by atoms with E-state index in [0.717, 1.165) is 63.7 Å². The summed E-state index contributed by atoms with van der Waals surface area (Å²) in [4.78, 5) is 39.5. The van der Waals surface area contributed by atoms with Crippen molar-refractivity contribution in [3.05, 3.63) is 93.8 Å². The lowest BCUT2D eigenvalue weighted by Crippen LogP contribution is -2.46. The minimum atomic E-state index is -1.31. The van der Waals surface area contributed by atoms with Gasteiger partial charge in [-0.15, -0.1) is 0 Å². The Hall–Kier alpha value is -6.00. The minimum Gasteiger partial charge on any atom is -0.386 e. The van der Waals surface area contributed by atoms with Crippen LogP contribution in [0.25, 0.3) is 5.52 Å². The van der Waals surface area contributed by atoms with E-state index < -0.39 is 40.9 Å². The molecular weight excluding hydrogens is 759 g/mol. The van der Waals surface area contributed by atoms with Gasteiger partial charge in [-0.1, -0.05) is 11.8 Å². The Labute approximate surface area is 340 Å². The fourth-order valence-corrected chi connectivity index (χ4v) is 8.36. The number of ether oxygens (including phenoxy) is 1. The number of amides is 3. The number of aromatic nitrogens is 2. The van der Waals surface area contributed by atoms with Crippen LogP contribution in [-0.2, 0) is 19.9 Å². The molecule has 3 aliphatic rings. The highest BCUT2D eigenvalue weighted by molar-refractivity contribution is 6.05. The summed E-state index contributed by atoms with van der Waals surface area (Å²) in [5.41, 5.74) is 1.87. The van der Waals surface area contributed by atoms with Gasteiger partial charge >= 0.3 is 0 Å². The van der Waals surface area contributed by atoms with Crippen LogP contribution in [0.15, 0.2) is 48.7 Å². The molecule has 7 rings (SSSR count). The number of hydrogen-bond donors (Lipinski definition) is 5. The molecule has 3 fully saturated rings. The van der Waals surface area contributed by atoms with Gasteiger partial charge in [-0.3, -0.25) is 19.7 Å². The van der Waals surface area contributed by atoms with Crippen molar-refractivity contribution in [1.29, 1.82) is 10.7 Å². The van der Waals surface area contributed by atoms with Gasteiger partial charge in [0.1, 0.15) is 30.0 Å². The van der Waals surface area contributed by atoms with Crippen LogP contribution >= 0.6 is 0 Å². The number of benzene rings is 2. The molecule has 0 unspecified atom stereocenters. The number of nitrogens with zero attached hydrogens (tertiary/aromatic N) is 4. The summed E-state index contributed by atoms with van der Waals surface area (Å²) >= 11 is 0. The van der Waals surface area contributed by atoms with E-state index in [1.807, 2.05) is 6.07 Å². The Morgan fingerprint density at radius 2 is 1.76 bits per heavy atom. The van der Waals surface area contributed by atoms with E-state index in [1.165, 1.54) is 16.9 Å². The summed E-state index contributed by atoms with van der Waals surface area (Å²) in [6.45, 7) is 5.18. The molecule has 5 N–H and O–H groups in total. The van der Waals surface area contributed by atoms with Crippen LogP contribution in [-0.4, -0.2) is 81.4 Å². The Kier molecular flexibility index (Phi) is 12.2. The van der Waals surface area contributed by atoms with Gasteiger partial charge in [0.05, 0.1) is 34.9 Å². The van der Waals surface area contributed by atoms with E-state index >= 15 is 0 Å². The van der Waals surface area contributed by atoms with Crippen LogP contribution in [0.5, 0.6) is 0 Å². The van der Waals surface area contributed by atoms with Crippen molar-refractivity contribution in [3.8, 4) is 17.9 Å². The van der Waals surface area contributed by atoms with E-state index in [9.17, 15) is 33.5 Å². The summed E-state index contributed by atoms with van der Waals surface area (Å²) in [6, 6.07) is 13.3. The van der Waals surface area contributed by atoms with Crippen molar-refractivity contribution in [3.63, 3.8) is 0 Å². The zero-order chi connectivity index (χ0) is 41.8. The zero-order valence-corrected chi connectivity index (χ0v) is 32.9. The number of rotatable bonds is 10. The first kappa shape index (κ1) is 41.2. The average molecular weight is 805 g/mol. The van der Waals surface area contributed by atoms with E-state index in [1.54, 1.807) is 44.2 Å². The number of imide groups is 1. The first-order valence-corrected chi connectivity index (χ1v) is 19.9. The summed E-state index contributed by atoms with van der Waals surface area (Å²) in [5.74, 6) is 1.22. The maximum atomic E-state index is 14.8. The van der Waals surface area contributed by atoms with Crippen LogP contribution in [0.3, 0.4) is 0 Å². The average Bonchev–Trinajstić information content (AvgIpc) is 3.64. The van der Waals surface area contributed by atoms with E-state index in [4.69, 9.17) is 10.1 Å². The number of hydrogen-bond acceptors (Lipinski definition) is 10. The molecule has 59 heavy (non-hydrogen) atoms. The van der Waals surface area contributed by atoms with Gasteiger partial charge < -0.3 is 30.8 Å². The molecular formula is C44H46F2N8O5. The molecule has 306 valence electrons. The van der Waals surface area contributed by atoms with E-state index in [0.29, 0.717) is 39.6 Å². The second kappa shape index (κ2) is 17.5. The topological polar surface area (TPSA) is 185 Å². The lowest BCUT2D eigenvalue weighted by molar-refractivity contribution is -0.134. The number of piperidine rings is 2. The number of carbonyl (C=O) groups excluding carboxylic acids is 3. The van der Waals surface area contributed by atoms with Gasteiger partial charge in [-0.25, -0.2) is 13.3 Å². The number of fused-ring (bicyclic) bond motifs is 1. The molecule has 2 aromatic carbocycles. The normalized spacial score (nSPS) is 20.3. The Balaban J connectivity index is 0.895. The quantitative estimate of drug-likeness (QED) is 0.0758. The van der Waals surface area contributed by atoms with Crippen LogP contribution in [0.1, 0.15) is 109 Å². The van der Waals surface area contributed by atoms with Crippen molar-refractivity contribution in [2.45, 2.75) is 94.9 Å². The fourth-order valence-electron chi connectivity index (χ4n) is 8.36. The van der Waals surface area contributed by atoms with Crippen LogP contribution < -0.4 is 16.0 Å². The number of anilines is 2. The number of halogens is 2. The lowest BCUT2D eigenvalue weighted by Gasteiger charge is -2.41. The molecule has 4 aromatic rings. The van der Waals surface area contributed by atoms with Crippen LogP contribution in [0, 0.1) is 40.2 Å². The molecule has 0 radical (unpaired) electrons. The third-order valence-electron chi connectivity index (χ3n) is 11.5. The maximum Gasteiger partial charge on any atom is 0.274 e. The van der Waals surface area contributed by atoms with Crippen molar-refractivity contribution in [2.24, 2.45) is 0 Å². The van der Waals surface area contributed by atoms with E-state index in [-0.39, 0.29) is 48.4 Å². The second-order valence-electron chi connectivity index (χ2n) is 15.9. The summed E-state index contributed by atoms with van der Waals surface area (Å²) in [7, 11) is 0. The van der Waals surface area contributed by atoms with Crippen LogP contribution in [0.2, 0.25) is 0 Å². The Morgan fingerprint density at radius 1 is 1.03 bits per heavy atom. The van der Waals surface area contributed by atoms with Crippen molar-refractivity contribution >= 4 is 40.8 Å². The van der Waals surface area contributed by atoms with Gasteiger partial charge in [0, 0.05) is 71.4 Å². The summed E-state index contributed by atoms with van der Waals surface area (Å²) in [6.07, 6.45) is 8.22. The minimum absolute atomic E-state index is 0.0227. The van der Waals surface area contributed by atoms with Gasteiger partial charge in [0.25, 0.3) is 5.91 Å². The first-order valence-electron chi connectivity index (χ1n) is 19.9. The molecule has 13 nitrogen and oxygen atoms in total. The molecule has 3 amide bonds. The number of nitriles is 1. The van der Waals surface area contributed by atoms with Gasteiger partial charge in [-0.05, 0) is 101 Å². The predicted molar refractivity (Wildman–Crippen MR) is 216 cm³/mol. The summed E-state index contributed by atoms with van der Waals surface area (Å²) in [5, 5.41) is 41.4. The highest BCUT2D eigenvalue weighted by Crippen LogP contribution is 2.36. The summed E-state index contributed by atoms with van der Waals surface area (Å²) < 4.78 is 37.1. The van der Waals surface area contributed by atoms with E-state index in [2.05, 4.69) is 37.8 Å². The highest BCUT2D eigenvalue weighted by Gasteiger charge is 2.33.